The Morgan fingerprint density at radius 2 is 2.08 bits per heavy atom. The molecule has 0 bridgehead atoms. The molecule has 5 nitrogen and oxygen atoms in total. The summed E-state index contributed by atoms with van der Waals surface area (Å²) in [4.78, 5) is 27.1. The first kappa shape index (κ1) is 18.3. The second-order valence-electron chi connectivity index (χ2n) is 5.97. The lowest BCUT2D eigenvalue weighted by molar-refractivity contribution is -0.138. The van der Waals surface area contributed by atoms with Gasteiger partial charge in [-0.2, -0.15) is 13.2 Å². The fourth-order valence-electron chi connectivity index (χ4n) is 2.60. The van der Waals surface area contributed by atoms with Crippen LogP contribution < -0.4 is 5.32 Å². The molecular formula is C16H20F3N3O2. The van der Waals surface area contributed by atoms with E-state index in [1.807, 2.05) is 0 Å². The number of hydrogen-bond donors (Lipinski definition) is 1. The summed E-state index contributed by atoms with van der Waals surface area (Å²) in [5.74, 6) is -0.477. The van der Waals surface area contributed by atoms with E-state index in [-0.39, 0.29) is 24.8 Å². The number of rotatable bonds is 4. The normalized spacial score (nSPS) is 19.0. The smallest absolute Gasteiger partial charge is 0.353 e. The van der Waals surface area contributed by atoms with E-state index >= 15 is 0 Å². The minimum Gasteiger partial charge on any atom is -0.353 e. The Balaban J connectivity index is 2.16. The molecule has 0 saturated carbocycles. The predicted octanol–water partition coefficient (Wildman–Crippen LogP) is 1.48. The standard InChI is InChI=1S/C16H20F3N3O2/c1-21(2)14(23)9-13-15(24)20-6-7-22(13)10-11-4-3-5-12(8-11)16(17,18)19/h3-5,8,13H,6-7,9-10H2,1-2H3,(H,20,24)/t13-/m0/s1. The third-order valence-corrected chi connectivity index (χ3v) is 3.95. The predicted molar refractivity (Wildman–Crippen MR) is 82.0 cm³/mol. The van der Waals surface area contributed by atoms with E-state index in [1.165, 1.54) is 11.0 Å². The van der Waals surface area contributed by atoms with Crippen LogP contribution in [0.2, 0.25) is 0 Å². The van der Waals surface area contributed by atoms with Gasteiger partial charge >= 0.3 is 6.18 Å². The third-order valence-electron chi connectivity index (χ3n) is 3.95. The summed E-state index contributed by atoms with van der Waals surface area (Å²) in [6, 6.07) is 4.36. The fraction of sp³-hybridized carbons (Fsp3) is 0.500. The van der Waals surface area contributed by atoms with E-state index in [2.05, 4.69) is 5.32 Å². The minimum absolute atomic E-state index is 0.00219. The first-order chi connectivity index (χ1) is 11.2. The van der Waals surface area contributed by atoms with Gasteiger partial charge in [0, 0.05) is 33.7 Å². The van der Waals surface area contributed by atoms with Crippen molar-refractivity contribution in [2.75, 3.05) is 27.2 Å². The average Bonchev–Trinajstić information content (AvgIpc) is 2.50. The molecule has 1 aliphatic heterocycles. The molecule has 8 heteroatoms. The van der Waals surface area contributed by atoms with Gasteiger partial charge in [0.15, 0.2) is 0 Å². The number of alkyl halides is 3. The van der Waals surface area contributed by atoms with Crippen molar-refractivity contribution in [3.8, 4) is 0 Å². The summed E-state index contributed by atoms with van der Waals surface area (Å²) in [7, 11) is 3.19. The molecule has 132 valence electrons. The lowest BCUT2D eigenvalue weighted by Gasteiger charge is -2.35. The third kappa shape index (κ3) is 4.47. The summed E-state index contributed by atoms with van der Waals surface area (Å²) in [6.07, 6.45) is -4.41. The van der Waals surface area contributed by atoms with Crippen molar-refractivity contribution in [1.82, 2.24) is 15.1 Å². The summed E-state index contributed by atoms with van der Waals surface area (Å²) in [6.45, 7) is 1.07. The fourth-order valence-corrected chi connectivity index (χ4v) is 2.60. The molecule has 24 heavy (non-hydrogen) atoms. The molecule has 2 rings (SSSR count). The van der Waals surface area contributed by atoms with Gasteiger partial charge < -0.3 is 10.2 Å². The average molecular weight is 343 g/mol. The van der Waals surface area contributed by atoms with Crippen LogP contribution in [0, 0.1) is 0 Å². The number of carbonyl (C=O) groups excluding carboxylic acids is 2. The quantitative estimate of drug-likeness (QED) is 0.901. The first-order valence-electron chi connectivity index (χ1n) is 7.56. The van der Waals surface area contributed by atoms with Crippen LogP contribution in [-0.4, -0.2) is 54.8 Å². The zero-order valence-corrected chi connectivity index (χ0v) is 13.6. The summed E-state index contributed by atoms with van der Waals surface area (Å²) in [5.41, 5.74) is -0.260. The van der Waals surface area contributed by atoms with E-state index in [9.17, 15) is 22.8 Å². The number of hydrogen-bond acceptors (Lipinski definition) is 3. The molecule has 0 spiro atoms. The van der Waals surface area contributed by atoms with E-state index in [0.717, 1.165) is 12.1 Å². The van der Waals surface area contributed by atoms with Crippen LogP contribution in [0.5, 0.6) is 0 Å². The molecule has 0 aromatic heterocycles. The highest BCUT2D eigenvalue weighted by Crippen LogP contribution is 2.30. The highest BCUT2D eigenvalue weighted by Gasteiger charge is 2.33. The molecule has 1 aromatic carbocycles. The van der Waals surface area contributed by atoms with Crippen LogP contribution in [0.25, 0.3) is 0 Å². The number of nitrogens with zero attached hydrogens (tertiary/aromatic N) is 2. The molecule has 1 aromatic rings. The SMILES string of the molecule is CN(C)C(=O)C[C@H]1C(=O)NCCN1Cc1cccc(C(F)(F)F)c1. The van der Waals surface area contributed by atoms with E-state index in [1.54, 1.807) is 25.1 Å². The molecule has 1 N–H and O–H groups in total. The Kier molecular flexibility index (Phi) is 5.48. The molecule has 0 unspecified atom stereocenters. The van der Waals surface area contributed by atoms with Crippen molar-refractivity contribution in [2.24, 2.45) is 0 Å². The highest BCUT2D eigenvalue weighted by molar-refractivity contribution is 5.88. The molecule has 1 aliphatic rings. The van der Waals surface area contributed by atoms with Crippen molar-refractivity contribution in [3.63, 3.8) is 0 Å². The van der Waals surface area contributed by atoms with Gasteiger partial charge in [0.05, 0.1) is 18.0 Å². The number of nitrogens with one attached hydrogen (secondary N) is 1. The van der Waals surface area contributed by atoms with E-state index in [4.69, 9.17) is 0 Å². The highest BCUT2D eigenvalue weighted by atomic mass is 19.4. The van der Waals surface area contributed by atoms with Crippen LogP contribution in [-0.2, 0) is 22.3 Å². The van der Waals surface area contributed by atoms with Crippen LogP contribution in [0.4, 0.5) is 13.2 Å². The number of benzene rings is 1. The molecule has 0 radical (unpaired) electrons. The monoisotopic (exact) mass is 343 g/mol. The zero-order valence-electron chi connectivity index (χ0n) is 13.6. The number of halogens is 3. The Labute approximate surface area is 138 Å². The summed E-state index contributed by atoms with van der Waals surface area (Å²) < 4.78 is 38.5. The maximum Gasteiger partial charge on any atom is 0.416 e. The number of amides is 2. The topological polar surface area (TPSA) is 52.7 Å². The van der Waals surface area contributed by atoms with Gasteiger partial charge in [-0.15, -0.1) is 0 Å². The van der Waals surface area contributed by atoms with Gasteiger partial charge in [-0.1, -0.05) is 18.2 Å². The molecule has 2 amide bonds. The second-order valence-corrected chi connectivity index (χ2v) is 5.97. The van der Waals surface area contributed by atoms with Gasteiger partial charge in [0.2, 0.25) is 11.8 Å². The molecule has 1 saturated heterocycles. The van der Waals surface area contributed by atoms with Gasteiger partial charge in [-0.3, -0.25) is 14.5 Å². The van der Waals surface area contributed by atoms with Crippen LogP contribution in [0.1, 0.15) is 17.5 Å². The molecule has 0 aliphatic carbocycles. The van der Waals surface area contributed by atoms with Crippen LogP contribution in [0.3, 0.4) is 0 Å². The Morgan fingerprint density at radius 3 is 2.71 bits per heavy atom. The van der Waals surface area contributed by atoms with Gasteiger partial charge in [-0.05, 0) is 11.6 Å². The van der Waals surface area contributed by atoms with Crippen molar-refractivity contribution in [1.29, 1.82) is 0 Å². The van der Waals surface area contributed by atoms with Gasteiger partial charge in [-0.25, -0.2) is 0 Å². The van der Waals surface area contributed by atoms with E-state index < -0.39 is 17.8 Å². The summed E-state index contributed by atoms with van der Waals surface area (Å²) >= 11 is 0. The lowest BCUT2D eigenvalue weighted by atomic mass is 10.0. The largest absolute Gasteiger partial charge is 0.416 e. The van der Waals surface area contributed by atoms with Crippen molar-refractivity contribution in [2.45, 2.75) is 25.2 Å². The zero-order chi connectivity index (χ0) is 17.9. The molecule has 1 atom stereocenters. The first-order valence-corrected chi connectivity index (χ1v) is 7.56. The van der Waals surface area contributed by atoms with Crippen molar-refractivity contribution < 1.29 is 22.8 Å². The Morgan fingerprint density at radius 1 is 1.38 bits per heavy atom. The van der Waals surface area contributed by atoms with Crippen LogP contribution >= 0.6 is 0 Å². The number of carbonyl (C=O) groups is 2. The van der Waals surface area contributed by atoms with Gasteiger partial charge in [0.1, 0.15) is 0 Å². The Bertz CT molecular complexity index is 617. The van der Waals surface area contributed by atoms with Crippen molar-refractivity contribution in [3.05, 3.63) is 35.4 Å². The molecule has 1 heterocycles. The second kappa shape index (κ2) is 7.21. The molecule has 1 fully saturated rings. The van der Waals surface area contributed by atoms with E-state index in [0.29, 0.717) is 18.7 Å². The van der Waals surface area contributed by atoms with Gasteiger partial charge in [0.25, 0.3) is 0 Å². The molecular weight excluding hydrogens is 323 g/mol. The van der Waals surface area contributed by atoms with Crippen molar-refractivity contribution >= 4 is 11.8 Å². The maximum absolute atomic E-state index is 12.8. The lowest BCUT2D eigenvalue weighted by Crippen LogP contribution is -2.56. The summed E-state index contributed by atoms with van der Waals surface area (Å²) in [5, 5.41) is 2.70. The number of piperazine rings is 1. The Hall–Kier alpha value is -2.09. The maximum atomic E-state index is 12.8. The van der Waals surface area contributed by atoms with Crippen LogP contribution in [0.15, 0.2) is 24.3 Å². The minimum atomic E-state index is -4.41.